The number of aromatic nitrogens is 4. The van der Waals surface area contributed by atoms with Gasteiger partial charge < -0.3 is 9.73 Å². The van der Waals surface area contributed by atoms with Crippen LogP contribution >= 0.6 is 23.1 Å². The molecule has 0 spiro atoms. The summed E-state index contributed by atoms with van der Waals surface area (Å²) in [6.45, 7) is 0.671. The molecule has 0 aliphatic carbocycles. The number of furan rings is 1. The first-order valence-corrected chi connectivity index (χ1v) is 11.6. The molecule has 0 radical (unpaired) electrons. The van der Waals surface area contributed by atoms with Gasteiger partial charge >= 0.3 is 0 Å². The van der Waals surface area contributed by atoms with E-state index in [9.17, 15) is 0 Å². The second-order valence-corrected chi connectivity index (χ2v) is 8.58. The van der Waals surface area contributed by atoms with Gasteiger partial charge in [0.05, 0.1) is 18.5 Å². The molecule has 0 saturated carbocycles. The third-order valence-electron chi connectivity index (χ3n) is 4.57. The molecular weight excluding hydrogens is 426 g/mol. The molecule has 5 aromatic rings. The van der Waals surface area contributed by atoms with Crippen LogP contribution in [0.25, 0.3) is 11.6 Å². The summed E-state index contributed by atoms with van der Waals surface area (Å²) in [4.78, 5) is 4.70. The first kappa shape index (κ1) is 19.6. The van der Waals surface area contributed by atoms with E-state index >= 15 is 0 Å². The molecule has 2 aromatic carbocycles. The molecule has 1 N–H and O–H groups in total. The Morgan fingerprint density at radius 2 is 1.74 bits per heavy atom. The lowest BCUT2D eigenvalue weighted by molar-refractivity contribution is 0.569. The second-order valence-electron chi connectivity index (χ2n) is 6.78. The van der Waals surface area contributed by atoms with E-state index in [0.717, 1.165) is 27.5 Å². The largest absolute Gasteiger partial charge is 0.461 e. The molecule has 6 nitrogen and oxygen atoms in total. The molecule has 31 heavy (non-hydrogen) atoms. The monoisotopic (exact) mass is 445 g/mol. The zero-order valence-corrected chi connectivity index (χ0v) is 18.1. The number of benzene rings is 2. The van der Waals surface area contributed by atoms with Gasteiger partial charge in [0.25, 0.3) is 0 Å². The second kappa shape index (κ2) is 9.20. The zero-order chi connectivity index (χ0) is 20.9. The van der Waals surface area contributed by atoms with E-state index in [-0.39, 0.29) is 0 Å². The topological polar surface area (TPSA) is 68.8 Å². The Morgan fingerprint density at radius 3 is 2.52 bits per heavy atom. The number of rotatable bonds is 8. The maximum absolute atomic E-state index is 5.58. The third-order valence-corrected chi connectivity index (χ3v) is 6.37. The average molecular weight is 446 g/mol. The molecule has 8 heteroatoms. The Bertz CT molecular complexity index is 1230. The van der Waals surface area contributed by atoms with E-state index in [2.05, 4.69) is 37.6 Å². The maximum Gasteiger partial charge on any atom is 0.200 e. The van der Waals surface area contributed by atoms with Gasteiger partial charge in [0.15, 0.2) is 16.0 Å². The van der Waals surface area contributed by atoms with Crippen molar-refractivity contribution in [1.82, 2.24) is 19.7 Å². The van der Waals surface area contributed by atoms with Crippen LogP contribution in [0.3, 0.4) is 0 Å². The molecular formula is C23H19N5OS2. The smallest absolute Gasteiger partial charge is 0.200 e. The fraction of sp³-hybridized carbons (Fsp3) is 0.0870. The molecule has 154 valence electrons. The number of para-hydroxylation sites is 1. The number of thioether (sulfide) groups is 1. The van der Waals surface area contributed by atoms with Gasteiger partial charge in [-0.1, -0.05) is 60.3 Å². The van der Waals surface area contributed by atoms with E-state index in [0.29, 0.717) is 18.1 Å². The Hall–Kier alpha value is -3.36. The Balaban J connectivity index is 1.33. The summed E-state index contributed by atoms with van der Waals surface area (Å²) in [6.07, 6.45) is 1.65. The maximum atomic E-state index is 5.58. The molecule has 5 rings (SSSR count). The highest BCUT2D eigenvalue weighted by atomic mass is 32.2. The number of nitrogens with zero attached hydrogens (tertiary/aromatic N) is 4. The first-order valence-electron chi connectivity index (χ1n) is 9.75. The van der Waals surface area contributed by atoms with E-state index in [1.165, 1.54) is 5.56 Å². The summed E-state index contributed by atoms with van der Waals surface area (Å²) < 4.78 is 7.67. The number of nitrogens with one attached hydrogen (secondary N) is 1. The van der Waals surface area contributed by atoms with Gasteiger partial charge in [-0.05, 0) is 29.8 Å². The van der Waals surface area contributed by atoms with Crippen molar-refractivity contribution in [3.8, 4) is 11.6 Å². The van der Waals surface area contributed by atoms with Gasteiger partial charge in [-0.3, -0.25) is 4.57 Å². The molecule has 3 heterocycles. The normalized spacial score (nSPS) is 11.0. The van der Waals surface area contributed by atoms with Crippen LogP contribution in [0.1, 0.15) is 11.3 Å². The van der Waals surface area contributed by atoms with Crippen LogP contribution in [0.5, 0.6) is 0 Å². The predicted molar refractivity (Wildman–Crippen MR) is 125 cm³/mol. The highest BCUT2D eigenvalue weighted by Crippen LogP contribution is 2.29. The molecule has 0 saturated heterocycles. The molecule has 0 fully saturated rings. The standard InChI is InChI=1S/C23H19N5OS2/c1-3-8-17(9-4-1)14-28-21(20-12-7-13-29-20)26-27-23(28)31-16-19-15-30-22(25-19)24-18-10-5-2-6-11-18/h1-13,15H,14,16H2,(H,24,25). The van der Waals surface area contributed by atoms with Crippen molar-refractivity contribution < 1.29 is 4.42 Å². The van der Waals surface area contributed by atoms with Crippen LogP contribution in [0.15, 0.2) is 94.0 Å². The summed E-state index contributed by atoms with van der Waals surface area (Å²) in [5, 5.41) is 16.0. The predicted octanol–water partition coefficient (Wildman–Crippen LogP) is 6.08. The summed E-state index contributed by atoms with van der Waals surface area (Å²) in [6, 6.07) is 24.1. The Labute approximate surface area is 188 Å². The summed E-state index contributed by atoms with van der Waals surface area (Å²) in [5.41, 5.74) is 3.21. The van der Waals surface area contributed by atoms with E-state index in [4.69, 9.17) is 9.40 Å². The first-order chi connectivity index (χ1) is 15.3. The lowest BCUT2D eigenvalue weighted by Gasteiger charge is -2.09. The van der Waals surface area contributed by atoms with Crippen LogP contribution in [-0.2, 0) is 12.3 Å². The van der Waals surface area contributed by atoms with Crippen molar-refractivity contribution in [1.29, 1.82) is 0 Å². The minimum absolute atomic E-state index is 0.671. The van der Waals surface area contributed by atoms with Gasteiger partial charge in [-0.15, -0.1) is 21.5 Å². The van der Waals surface area contributed by atoms with Crippen LogP contribution < -0.4 is 5.32 Å². The number of hydrogen-bond donors (Lipinski definition) is 1. The zero-order valence-electron chi connectivity index (χ0n) is 16.5. The van der Waals surface area contributed by atoms with Crippen LogP contribution in [0, 0.1) is 0 Å². The number of hydrogen-bond acceptors (Lipinski definition) is 7. The van der Waals surface area contributed by atoms with E-state index < -0.39 is 0 Å². The fourth-order valence-electron chi connectivity index (χ4n) is 3.11. The lowest BCUT2D eigenvalue weighted by atomic mass is 10.2. The molecule has 0 atom stereocenters. The summed E-state index contributed by atoms with van der Waals surface area (Å²) in [5.74, 6) is 2.14. The minimum Gasteiger partial charge on any atom is -0.461 e. The van der Waals surface area contributed by atoms with E-state index in [1.807, 2.05) is 60.7 Å². The lowest BCUT2D eigenvalue weighted by Crippen LogP contribution is -2.04. The SMILES string of the molecule is c1ccc(Cn2c(SCc3csc(Nc4ccccc4)n3)nnc2-c2ccco2)cc1. The number of anilines is 2. The third kappa shape index (κ3) is 4.70. The Kier molecular flexibility index (Phi) is 5.81. The highest BCUT2D eigenvalue weighted by molar-refractivity contribution is 7.98. The fourth-order valence-corrected chi connectivity index (χ4v) is 4.77. The molecule has 0 aliphatic heterocycles. The van der Waals surface area contributed by atoms with Gasteiger partial charge in [0, 0.05) is 16.8 Å². The van der Waals surface area contributed by atoms with Crippen molar-refractivity contribution in [3.63, 3.8) is 0 Å². The molecule has 3 aromatic heterocycles. The Morgan fingerprint density at radius 1 is 0.935 bits per heavy atom. The average Bonchev–Trinajstić information content (AvgIpc) is 3.56. The highest BCUT2D eigenvalue weighted by Gasteiger charge is 2.17. The quantitative estimate of drug-likeness (QED) is 0.292. The summed E-state index contributed by atoms with van der Waals surface area (Å²) in [7, 11) is 0. The van der Waals surface area contributed by atoms with Gasteiger partial charge in [0.1, 0.15) is 0 Å². The van der Waals surface area contributed by atoms with Crippen LogP contribution in [0.4, 0.5) is 10.8 Å². The van der Waals surface area contributed by atoms with Crippen molar-refractivity contribution in [2.45, 2.75) is 17.5 Å². The molecule has 0 amide bonds. The van der Waals surface area contributed by atoms with Crippen molar-refractivity contribution in [2.75, 3.05) is 5.32 Å². The van der Waals surface area contributed by atoms with Crippen LogP contribution in [-0.4, -0.2) is 19.7 Å². The number of thiazole rings is 1. The molecule has 0 aliphatic rings. The summed E-state index contributed by atoms with van der Waals surface area (Å²) >= 11 is 3.22. The van der Waals surface area contributed by atoms with Gasteiger partial charge in [-0.25, -0.2) is 4.98 Å². The van der Waals surface area contributed by atoms with E-state index in [1.54, 1.807) is 29.4 Å². The van der Waals surface area contributed by atoms with Gasteiger partial charge in [-0.2, -0.15) is 0 Å². The van der Waals surface area contributed by atoms with Crippen LogP contribution in [0.2, 0.25) is 0 Å². The van der Waals surface area contributed by atoms with Crippen molar-refractivity contribution >= 4 is 33.9 Å². The van der Waals surface area contributed by atoms with Crippen molar-refractivity contribution in [3.05, 3.63) is 95.7 Å². The molecule has 0 unspecified atom stereocenters. The minimum atomic E-state index is 0.671. The van der Waals surface area contributed by atoms with Crippen molar-refractivity contribution in [2.24, 2.45) is 0 Å². The molecule has 0 bridgehead atoms. The van der Waals surface area contributed by atoms with Gasteiger partial charge in [0.2, 0.25) is 5.82 Å².